The first-order chi connectivity index (χ1) is 11.3. The van der Waals surface area contributed by atoms with E-state index in [0.717, 1.165) is 28.7 Å². The highest BCUT2D eigenvalue weighted by molar-refractivity contribution is 5.82. The highest BCUT2D eigenvalue weighted by atomic mass is 16.5. The third-order valence-electron chi connectivity index (χ3n) is 3.62. The molecule has 0 aliphatic carbocycles. The fraction of sp³-hybridized carbons (Fsp3) is 0.100. The number of pyridine rings is 1. The maximum Gasteiger partial charge on any atom is 0.153 e. The van der Waals surface area contributed by atoms with Gasteiger partial charge in [0.15, 0.2) is 6.29 Å². The predicted molar refractivity (Wildman–Crippen MR) is 90.6 cm³/mol. The molecule has 3 rings (SSSR count). The van der Waals surface area contributed by atoms with Gasteiger partial charge in [-0.25, -0.2) is 0 Å². The van der Waals surface area contributed by atoms with E-state index in [4.69, 9.17) is 4.74 Å². The van der Waals surface area contributed by atoms with E-state index in [1.54, 1.807) is 0 Å². The molecular formula is C20H17NO2. The fourth-order valence-corrected chi connectivity index (χ4v) is 2.33. The second kappa shape index (κ2) is 6.88. The van der Waals surface area contributed by atoms with Gasteiger partial charge in [-0.05, 0) is 36.2 Å². The van der Waals surface area contributed by atoms with Crippen molar-refractivity contribution in [3.63, 3.8) is 0 Å². The molecule has 0 N–H and O–H groups in total. The van der Waals surface area contributed by atoms with Crippen LogP contribution in [0.1, 0.15) is 21.6 Å². The molecule has 2 aromatic carbocycles. The van der Waals surface area contributed by atoms with Gasteiger partial charge in [0.05, 0.1) is 5.56 Å². The van der Waals surface area contributed by atoms with Crippen molar-refractivity contribution in [1.82, 2.24) is 4.98 Å². The van der Waals surface area contributed by atoms with Crippen molar-refractivity contribution in [2.24, 2.45) is 0 Å². The van der Waals surface area contributed by atoms with Crippen molar-refractivity contribution in [2.45, 2.75) is 13.5 Å². The Morgan fingerprint density at radius 1 is 1.00 bits per heavy atom. The topological polar surface area (TPSA) is 39.2 Å². The highest BCUT2D eigenvalue weighted by Crippen LogP contribution is 2.26. The lowest BCUT2D eigenvalue weighted by Gasteiger charge is -2.10. The molecule has 114 valence electrons. The number of carbonyl (C=O) groups excluding carboxylic acids is 1. The van der Waals surface area contributed by atoms with Crippen molar-refractivity contribution >= 4 is 6.29 Å². The van der Waals surface area contributed by atoms with Crippen LogP contribution in [0.5, 0.6) is 5.75 Å². The van der Waals surface area contributed by atoms with Gasteiger partial charge in [-0.15, -0.1) is 0 Å². The third kappa shape index (κ3) is 3.64. The number of hydrogen-bond donors (Lipinski definition) is 0. The molecule has 0 saturated heterocycles. The molecule has 23 heavy (non-hydrogen) atoms. The number of aromatic nitrogens is 1. The Balaban J connectivity index is 1.82. The van der Waals surface area contributed by atoms with Gasteiger partial charge >= 0.3 is 0 Å². The van der Waals surface area contributed by atoms with Gasteiger partial charge in [0.25, 0.3) is 0 Å². The molecule has 0 radical (unpaired) electrons. The van der Waals surface area contributed by atoms with Crippen LogP contribution in [-0.2, 0) is 6.61 Å². The second-order valence-corrected chi connectivity index (χ2v) is 5.33. The summed E-state index contributed by atoms with van der Waals surface area (Å²) in [5.41, 5.74) is 4.50. The number of ether oxygens (including phenoxy) is 1. The van der Waals surface area contributed by atoms with Crippen LogP contribution in [-0.4, -0.2) is 11.3 Å². The SMILES string of the molecule is Cc1ccc(-c2ccc(OCc3ccccc3)c(C=O)c2)cn1. The summed E-state index contributed by atoms with van der Waals surface area (Å²) in [6, 6.07) is 19.4. The number of nitrogens with zero attached hydrogens (tertiary/aromatic N) is 1. The summed E-state index contributed by atoms with van der Waals surface area (Å²) in [4.78, 5) is 15.7. The summed E-state index contributed by atoms with van der Waals surface area (Å²) in [5, 5.41) is 0. The number of aldehydes is 1. The number of carbonyl (C=O) groups is 1. The molecule has 0 atom stereocenters. The Morgan fingerprint density at radius 2 is 1.78 bits per heavy atom. The lowest BCUT2D eigenvalue weighted by atomic mass is 10.0. The Kier molecular flexibility index (Phi) is 4.48. The van der Waals surface area contributed by atoms with Gasteiger partial charge in [-0.1, -0.05) is 42.5 Å². The van der Waals surface area contributed by atoms with Crippen molar-refractivity contribution in [1.29, 1.82) is 0 Å². The molecule has 0 bridgehead atoms. The van der Waals surface area contributed by atoms with E-state index < -0.39 is 0 Å². The summed E-state index contributed by atoms with van der Waals surface area (Å²) in [7, 11) is 0. The van der Waals surface area contributed by atoms with Crippen molar-refractivity contribution < 1.29 is 9.53 Å². The average Bonchev–Trinajstić information content (AvgIpc) is 2.61. The molecule has 3 aromatic rings. The van der Waals surface area contributed by atoms with Crippen LogP contribution in [0.4, 0.5) is 0 Å². The first-order valence-electron chi connectivity index (χ1n) is 7.45. The van der Waals surface area contributed by atoms with Gasteiger partial charge in [0.2, 0.25) is 0 Å². The van der Waals surface area contributed by atoms with Crippen LogP contribution in [0, 0.1) is 6.92 Å². The van der Waals surface area contributed by atoms with E-state index in [9.17, 15) is 4.79 Å². The molecule has 3 heteroatoms. The van der Waals surface area contributed by atoms with Gasteiger partial charge in [-0.3, -0.25) is 9.78 Å². The van der Waals surface area contributed by atoms with Gasteiger partial charge in [-0.2, -0.15) is 0 Å². The molecule has 0 unspecified atom stereocenters. The molecule has 1 aromatic heterocycles. The van der Waals surface area contributed by atoms with Crippen molar-refractivity contribution in [3.8, 4) is 16.9 Å². The molecule has 0 amide bonds. The maximum absolute atomic E-state index is 11.4. The quantitative estimate of drug-likeness (QED) is 0.654. The normalized spacial score (nSPS) is 10.3. The first-order valence-corrected chi connectivity index (χ1v) is 7.45. The molecule has 0 fully saturated rings. The summed E-state index contributed by atoms with van der Waals surface area (Å²) in [6.45, 7) is 2.38. The summed E-state index contributed by atoms with van der Waals surface area (Å²) >= 11 is 0. The smallest absolute Gasteiger partial charge is 0.153 e. The minimum Gasteiger partial charge on any atom is -0.488 e. The van der Waals surface area contributed by atoms with Crippen molar-refractivity contribution in [2.75, 3.05) is 0 Å². The van der Waals surface area contributed by atoms with Gasteiger partial charge in [0.1, 0.15) is 12.4 Å². The fourth-order valence-electron chi connectivity index (χ4n) is 2.33. The Hall–Kier alpha value is -2.94. The number of hydrogen-bond acceptors (Lipinski definition) is 3. The monoisotopic (exact) mass is 303 g/mol. The average molecular weight is 303 g/mol. The molecule has 0 spiro atoms. The Morgan fingerprint density at radius 3 is 2.48 bits per heavy atom. The third-order valence-corrected chi connectivity index (χ3v) is 3.62. The van der Waals surface area contributed by atoms with Crippen LogP contribution in [0.3, 0.4) is 0 Å². The summed E-state index contributed by atoms with van der Waals surface area (Å²) < 4.78 is 5.78. The molecule has 1 heterocycles. The number of rotatable bonds is 5. The van der Waals surface area contributed by atoms with E-state index in [-0.39, 0.29) is 0 Å². The maximum atomic E-state index is 11.4. The largest absolute Gasteiger partial charge is 0.488 e. The first kappa shape index (κ1) is 15.0. The highest BCUT2D eigenvalue weighted by Gasteiger charge is 2.07. The Labute approximate surface area is 135 Å². The van der Waals surface area contributed by atoms with E-state index in [1.807, 2.05) is 73.8 Å². The van der Waals surface area contributed by atoms with E-state index in [2.05, 4.69) is 4.98 Å². The number of benzene rings is 2. The zero-order valence-electron chi connectivity index (χ0n) is 12.9. The molecule has 3 nitrogen and oxygen atoms in total. The van der Waals surface area contributed by atoms with E-state index in [1.165, 1.54) is 0 Å². The molecule has 0 saturated carbocycles. The van der Waals surface area contributed by atoms with Crippen molar-refractivity contribution in [3.05, 3.63) is 83.7 Å². The standard InChI is InChI=1S/C20H17NO2/c1-15-7-8-18(12-21-15)17-9-10-20(19(11-17)13-22)23-14-16-5-3-2-4-6-16/h2-13H,14H2,1H3. The molecule has 0 aliphatic rings. The van der Waals surface area contributed by atoms with Crippen LogP contribution in [0.2, 0.25) is 0 Å². The molecule has 0 aliphatic heterocycles. The summed E-state index contributed by atoms with van der Waals surface area (Å²) in [6.07, 6.45) is 2.63. The number of aryl methyl sites for hydroxylation is 1. The van der Waals surface area contributed by atoms with E-state index >= 15 is 0 Å². The second-order valence-electron chi connectivity index (χ2n) is 5.33. The zero-order valence-corrected chi connectivity index (χ0v) is 12.9. The summed E-state index contributed by atoms with van der Waals surface area (Å²) in [5.74, 6) is 0.590. The minimum atomic E-state index is 0.438. The van der Waals surface area contributed by atoms with Gasteiger partial charge < -0.3 is 4.74 Å². The molecular weight excluding hydrogens is 286 g/mol. The van der Waals surface area contributed by atoms with E-state index in [0.29, 0.717) is 17.9 Å². The van der Waals surface area contributed by atoms with Gasteiger partial charge in [0, 0.05) is 17.5 Å². The van der Waals surface area contributed by atoms with Crippen LogP contribution >= 0.6 is 0 Å². The lowest BCUT2D eigenvalue weighted by molar-refractivity contribution is 0.111. The van der Waals surface area contributed by atoms with Crippen LogP contribution in [0.15, 0.2) is 66.9 Å². The predicted octanol–water partition coefficient (Wildman–Crippen LogP) is 4.45. The van der Waals surface area contributed by atoms with Crippen LogP contribution < -0.4 is 4.74 Å². The van der Waals surface area contributed by atoms with Crippen LogP contribution in [0.25, 0.3) is 11.1 Å². The zero-order chi connectivity index (χ0) is 16.1. The lowest BCUT2D eigenvalue weighted by Crippen LogP contribution is -1.98. The minimum absolute atomic E-state index is 0.438. The Bertz CT molecular complexity index is 796.